The number of hydrogen-bond acceptors (Lipinski definition) is 4. The zero-order chi connectivity index (χ0) is 21.7. The number of fused-ring (bicyclic) bond motifs is 2. The van der Waals surface area contributed by atoms with E-state index in [0.717, 1.165) is 16.2 Å². The topological polar surface area (TPSA) is 96.8 Å². The smallest absolute Gasteiger partial charge is 0.253 e. The van der Waals surface area contributed by atoms with Crippen LogP contribution in [-0.2, 0) is 4.79 Å². The molecular formula is C25H20N2O4. The molecular weight excluding hydrogens is 392 g/mol. The standard InChI is InChI=1S/C25H20N2O4/c1-2-22(29)27-12-16(13-27)21-10-15-7-8-19(23(25(26)30)24(15)31-21)20-11-17(28)9-14-5-3-4-6-18(14)20/h2-11,16,28H,1,12-13H2,(H2,26,30). The predicted octanol–water partition coefficient (Wildman–Crippen LogP) is 4.17. The second-order valence-electron chi connectivity index (χ2n) is 7.78. The van der Waals surface area contributed by atoms with Crippen molar-refractivity contribution in [2.75, 3.05) is 13.1 Å². The van der Waals surface area contributed by atoms with E-state index in [1.54, 1.807) is 17.0 Å². The maximum atomic E-state index is 12.5. The minimum absolute atomic E-state index is 0.0575. The van der Waals surface area contributed by atoms with E-state index in [-0.39, 0.29) is 23.1 Å². The van der Waals surface area contributed by atoms with Gasteiger partial charge in [-0.3, -0.25) is 9.59 Å². The van der Waals surface area contributed by atoms with E-state index < -0.39 is 5.91 Å². The number of phenolic OH excluding ortho intramolecular Hbond substituents is 1. The Hall–Kier alpha value is -4.06. The fourth-order valence-electron chi connectivity index (χ4n) is 4.28. The summed E-state index contributed by atoms with van der Waals surface area (Å²) in [5, 5.41) is 12.8. The summed E-state index contributed by atoms with van der Waals surface area (Å²) in [6.07, 6.45) is 1.30. The number of benzene rings is 3. The van der Waals surface area contributed by atoms with E-state index in [9.17, 15) is 14.7 Å². The highest BCUT2D eigenvalue weighted by Crippen LogP contribution is 2.39. The van der Waals surface area contributed by atoms with Crippen molar-refractivity contribution < 1.29 is 19.1 Å². The summed E-state index contributed by atoms with van der Waals surface area (Å²) in [6.45, 7) is 4.59. The molecule has 6 heteroatoms. The highest BCUT2D eigenvalue weighted by atomic mass is 16.3. The molecule has 0 radical (unpaired) electrons. The summed E-state index contributed by atoms with van der Waals surface area (Å²) in [7, 11) is 0. The fraction of sp³-hybridized carbons (Fsp3) is 0.120. The van der Waals surface area contributed by atoms with Gasteiger partial charge in [-0.25, -0.2) is 0 Å². The van der Waals surface area contributed by atoms with Crippen LogP contribution in [0.15, 0.2) is 71.7 Å². The van der Waals surface area contributed by atoms with Crippen LogP contribution in [0.2, 0.25) is 0 Å². The molecule has 1 aliphatic heterocycles. The number of amides is 2. The average molecular weight is 412 g/mol. The van der Waals surface area contributed by atoms with Crippen molar-refractivity contribution in [1.82, 2.24) is 4.90 Å². The third-order valence-electron chi connectivity index (χ3n) is 5.86. The first-order chi connectivity index (χ1) is 15.0. The number of furan rings is 1. The average Bonchev–Trinajstić information content (AvgIpc) is 3.14. The van der Waals surface area contributed by atoms with Crippen LogP contribution in [0.5, 0.6) is 5.75 Å². The van der Waals surface area contributed by atoms with Gasteiger partial charge in [0, 0.05) is 18.5 Å². The Morgan fingerprint density at radius 3 is 2.58 bits per heavy atom. The van der Waals surface area contributed by atoms with E-state index in [4.69, 9.17) is 10.2 Å². The first-order valence-corrected chi connectivity index (χ1v) is 9.96. The van der Waals surface area contributed by atoms with Gasteiger partial charge < -0.3 is 20.2 Å². The van der Waals surface area contributed by atoms with Crippen molar-refractivity contribution in [2.45, 2.75) is 5.92 Å². The lowest BCUT2D eigenvalue weighted by molar-refractivity contribution is -0.130. The number of nitrogens with zero attached hydrogens (tertiary/aromatic N) is 1. The lowest BCUT2D eigenvalue weighted by Gasteiger charge is -2.37. The van der Waals surface area contributed by atoms with Crippen molar-refractivity contribution >= 4 is 33.6 Å². The largest absolute Gasteiger partial charge is 0.508 e. The van der Waals surface area contributed by atoms with E-state index in [1.165, 1.54) is 6.08 Å². The predicted molar refractivity (Wildman–Crippen MR) is 119 cm³/mol. The molecule has 1 saturated heterocycles. The molecule has 2 amide bonds. The summed E-state index contributed by atoms with van der Waals surface area (Å²) in [4.78, 5) is 25.9. The van der Waals surface area contributed by atoms with Gasteiger partial charge >= 0.3 is 0 Å². The fourth-order valence-corrected chi connectivity index (χ4v) is 4.28. The molecule has 0 saturated carbocycles. The molecule has 2 heterocycles. The molecule has 1 fully saturated rings. The number of rotatable bonds is 4. The summed E-state index contributed by atoms with van der Waals surface area (Å²) in [6, 6.07) is 16.6. The van der Waals surface area contributed by atoms with Crippen molar-refractivity contribution in [3.63, 3.8) is 0 Å². The third-order valence-corrected chi connectivity index (χ3v) is 5.86. The third kappa shape index (κ3) is 3.04. The van der Waals surface area contributed by atoms with Gasteiger partial charge in [-0.2, -0.15) is 0 Å². The zero-order valence-electron chi connectivity index (χ0n) is 16.7. The molecule has 31 heavy (non-hydrogen) atoms. The normalized spacial score (nSPS) is 14.0. The van der Waals surface area contributed by atoms with Gasteiger partial charge in [0.25, 0.3) is 5.91 Å². The molecule has 3 N–H and O–H groups in total. The van der Waals surface area contributed by atoms with Gasteiger partial charge in [-0.15, -0.1) is 0 Å². The van der Waals surface area contributed by atoms with Gasteiger partial charge in [0.1, 0.15) is 17.1 Å². The molecule has 1 aliphatic rings. The number of primary amides is 1. The van der Waals surface area contributed by atoms with Gasteiger partial charge in [0.15, 0.2) is 0 Å². The van der Waals surface area contributed by atoms with Crippen LogP contribution in [0.1, 0.15) is 22.0 Å². The molecule has 0 bridgehead atoms. The van der Waals surface area contributed by atoms with E-state index in [1.807, 2.05) is 42.5 Å². The lowest BCUT2D eigenvalue weighted by atomic mass is 9.92. The number of nitrogens with two attached hydrogens (primary N) is 1. The van der Waals surface area contributed by atoms with E-state index >= 15 is 0 Å². The Bertz CT molecular complexity index is 1380. The lowest BCUT2D eigenvalue weighted by Crippen LogP contribution is -2.47. The quantitative estimate of drug-likeness (QED) is 0.492. The first-order valence-electron chi connectivity index (χ1n) is 9.96. The van der Waals surface area contributed by atoms with Gasteiger partial charge in [-0.1, -0.05) is 43.0 Å². The molecule has 4 aromatic rings. The highest BCUT2D eigenvalue weighted by Gasteiger charge is 2.33. The second-order valence-corrected chi connectivity index (χ2v) is 7.78. The molecule has 5 rings (SSSR count). The Balaban J connectivity index is 1.65. The Morgan fingerprint density at radius 1 is 1.06 bits per heavy atom. The number of hydrogen-bond donors (Lipinski definition) is 2. The highest BCUT2D eigenvalue weighted by molar-refractivity contribution is 6.13. The maximum absolute atomic E-state index is 12.5. The van der Waals surface area contributed by atoms with Crippen LogP contribution in [0.25, 0.3) is 32.9 Å². The number of carbonyl (C=O) groups excluding carboxylic acids is 2. The number of carbonyl (C=O) groups is 2. The van der Waals surface area contributed by atoms with Crippen LogP contribution in [-0.4, -0.2) is 34.9 Å². The van der Waals surface area contributed by atoms with Crippen LogP contribution >= 0.6 is 0 Å². The monoisotopic (exact) mass is 412 g/mol. The van der Waals surface area contributed by atoms with Gasteiger partial charge in [0.05, 0.1) is 11.5 Å². The Kier molecular flexibility index (Phi) is 4.29. The summed E-state index contributed by atoms with van der Waals surface area (Å²) in [5.74, 6) is 0.158. The molecule has 0 unspecified atom stereocenters. The van der Waals surface area contributed by atoms with Crippen LogP contribution < -0.4 is 5.73 Å². The summed E-state index contributed by atoms with van der Waals surface area (Å²) >= 11 is 0. The first kappa shape index (κ1) is 18.9. The zero-order valence-corrected chi connectivity index (χ0v) is 16.7. The van der Waals surface area contributed by atoms with Crippen LogP contribution in [0, 0.1) is 0 Å². The van der Waals surface area contributed by atoms with Crippen LogP contribution in [0.4, 0.5) is 0 Å². The minimum atomic E-state index is -0.606. The van der Waals surface area contributed by atoms with E-state index in [0.29, 0.717) is 35.6 Å². The number of aromatic hydroxyl groups is 1. The SMILES string of the molecule is C=CC(=O)N1CC(c2cc3ccc(-c4cc(O)cc5ccccc45)c(C(N)=O)c3o2)C1. The second kappa shape index (κ2) is 7.02. The number of phenols is 1. The number of likely N-dealkylation sites (tertiary alicyclic amines) is 1. The molecule has 3 aromatic carbocycles. The molecule has 0 aliphatic carbocycles. The minimum Gasteiger partial charge on any atom is -0.508 e. The van der Waals surface area contributed by atoms with Crippen LogP contribution in [0.3, 0.4) is 0 Å². The van der Waals surface area contributed by atoms with Crippen molar-refractivity contribution in [1.29, 1.82) is 0 Å². The summed E-state index contributed by atoms with van der Waals surface area (Å²) in [5.41, 5.74) is 7.79. The van der Waals surface area contributed by atoms with Gasteiger partial charge in [-0.05, 0) is 46.2 Å². The maximum Gasteiger partial charge on any atom is 0.253 e. The van der Waals surface area contributed by atoms with Gasteiger partial charge in [0.2, 0.25) is 5.91 Å². The van der Waals surface area contributed by atoms with E-state index in [2.05, 4.69) is 6.58 Å². The van der Waals surface area contributed by atoms with Crippen molar-refractivity contribution in [3.8, 4) is 16.9 Å². The molecule has 154 valence electrons. The van der Waals surface area contributed by atoms with Crippen molar-refractivity contribution in [2.24, 2.45) is 5.73 Å². The Labute approximate surface area is 178 Å². The van der Waals surface area contributed by atoms with Crippen molar-refractivity contribution in [3.05, 3.63) is 78.6 Å². The molecule has 0 spiro atoms. The molecule has 0 atom stereocenters. The molecule has 1 aromatic heterocycles. The summed E-state index contributed by atoms with van der Waals surface area (Å²) < 4.78 is 6.10. The Morgan fingerprint density at radius 2 is 1.84 bits per heavy atom. The molecule has 6 nitrogen and oxygen atoms in total.